The van der Waals surface area contributed by atoms with Crippen LogP contribution in [0.25, 0.3) is 0 Å². The number of tetrazole rings is 1. The molecule has 1 fully saturated rings. The number of nitrogens with one attached hydrogen (secondary N) is 1. The number of methoxy groups -OCH3 is 1. The van der Waals surface area contributed by atoms with E-state index in [1.807, 2.05) is 22.9 Å². The third-order valence-electron chi connectivity index (χ3n) is 3.52. The van der Waals surface area contributed by atoms with Crippen LogP contribution >= 0.6 is 0 Å². The second kappa shape index (κ2) is 6.00. The summed E-state index contributed by atoms with van der Waals surface area (Å²) in [6, 6.07) is 8.71. The number of nitrogens with zero attached hydrogens (tertiary/aromatic N) is 4. The van der Waals surface area contributed by atoms with E-state index in [4.69, 9.17) is 4.74 Å². The Balaban J connectivity index is 1.61. The molecule has 0 atom stereocenters. The molecule has 20 heavy (non-hydrogen) atoms. The predicted octanol–water partition coefficient (Wildman–Crippen LogP) is 1.18. The maximum Gasteiger partial charge on any atom is 0.165 e. The van der Waals surface area contributed by atoms with Gasteiger partial charge in [-0.05, 0) is 41.3 Å². The van der Waals surface area contributed by atoms with Crippen LogP contribution in [0.1, 0.15) is 24.2 Å². The number of benzene rings is 1. The fourth-order valence-corrected chi connectivity index (χ4v) is 2.18. The van der Waals surface area contributed by atoms with E-state index >= 15 is 0 Å². The van der Waals surface area contributed by atoms with Gasteiger partial charge in [-0.25, -0.2) is 4.68 Å². The standard InChI is InChI=1S/C14H19N5O/c1-20-13-5-3-2-4-11(13)8-9-19-14(16-17-18-19)10-15-12-6-7-12/h2-5,12,15H,6-10H2,1H3. The van der Waals surface area contributed by atoms with Crippen molar-refractivity contribution in [3.8, 4) is 5.75 Å². The molecule has 6 heteroatoms. The van der Waals surface area contributed by atoms with Gasteiger partial charge >= 0.3 is 0 Å². The quantitative estimate of drug-likeness (QED) is 0.820. The van der Waals surface area contributed by atoms with Gasteiger partial charge in [-0.2, -0.15) is 0 Å². The molecule has 0 unspecified atom stereocenters. The van der Waals surface area contributed by atoms with Crippen LogP contribution in [0.5, 0.6) is 5.75 Å². The van der Waals surface area contributed by atoms with Gasteiger partial charge in [0.25, 0.3) is 0 Å². The highest BCUT2D eigenvalue weighted by atomic mass is 16.5. The van der Waals surface area contributed by atoms with Crippen molar-refractivity contribution in [2.45, 2.75) is 38.4 Å². The Morgan fingerprint density at radius 2 is 2.20 bits per heavy atom. The molecular formula is C14H19N5O. The maximum atomic E-state index is 5.36. The third kappa shape index (κ3) is 3.14. The third-order valence-corrected chi connectivity index (χ3v) is 3.52. The van der Waals surface area contributed by atoms with Crippen LogP contribution in [0.4, 0.5) is 0 Å². The Morgan fingerprint density at radius 1 is 1.35 bits per heavy atom. The Morgan fingerprint density at radius 3 is 3.00 bits per heavy atom. The lowest BCUT2D eigenvalue weighted by atomic mass is 10.1. The molecule has 1 aliphatic rings. The van der Waals surface area contributed by atoms with E-state index in [0.717, 1.165) is 31.1 Å². The first-order valence-corrected chi connectivity index (χ1v) is 6.97. The summed E-state index contributed by atoms with van der Waals surface area (Å²) in [6.07, 6.45) is 3.39. The Hall–Kier alpha value is -1.95. The first-order chi connectivity index (χ1) is 9.86. The molecule has 2 aromatic rings. The number of ether oxygens (including phenoxy) is 1. The molecule has 0 radical (unpaired) electrons. The zero-order chi connectivity index (χ0) is 13.8. The highest BCUT2D eigenvalue weighted by Crippen LogP contribution is 2.19. The van der Waals surface area contributed by atoms with Gasteiger partial charge in [-0.1, -0.05) is 18.2 Å². The lowest BCUT2D eigenvalue weighted by molar-refractivity contribution is 0.407. The van der Waals surface area contributed by atoms with Crippen molar-refractivity contribution in [3.05, 3.63) is 35.7 Å². The fraction of sp³-hybridized carbons (Fsp3) is 0.500. The van der Waals surface area contributed by atoms with Crippen LogP contribution in [-0.2, 0) is 19.5 Å². The van der Waals surface area contributed by atoms with Gasteiger partial charge in [0.1, 0.15) is 5.75 Å². The predicted molar refractivity (Wildman–Crippen MR) is 74.4 cm³/mol. The van der Waals surface area contributed by atoms with Gasteiger partial charge in [0.05, 0.1) is 13.7 Å². The Kier molecular flexibility index (Phi) is 3.92. The van der Waals surface area contributed by atoms with Gasteiger partial charge < -0.3 is 10.1 Å². The molecule has 1 aliphatic carbocycles. The normalized spacial score (nSPS) is 14.4. The van der Waals surface area contributed by atoms with Crippen LogP contribution in [0.2, 0.25) is 0 Å². The van der Waals surface area contributed by atoms with Gasteiger partial charge in [-0.3, -0.25) is 0 Å². The largest absolute Gasteiger partial charge is 0.496 e. The molecule has 0 amide bonds. The zero-order valence-corrected chi connectivity index (χ0v) is 11.6. The molecule has 6 nitrogen and oxygen atoms in total. The van der Waals surface area contributed by atoms with E-state index in [9.17, 15) is 0 Å². The van der Waals surface area contributed by atoms with E-state index in [-0.39, 0.29) is 0 Å². The maximum absolute atomic E-state index is 5.36. The highest BCUT2D eigenvalue weighted by molar-refractivity contribution is 5.33. The van der Waals surface area contributed by atoms with E-state index in [2.05, 4.69) is 26.9 Å². The monoisotopic (exact) mass is 273 g/mol. The molecule has 1 heterocycles. The molecular weight excluding hydrogens is 254 g/mol. The van der Waals surface area contributed by atoms with Crippen molar-refractivity contribution in [1.82, 2.24) is 25.5 Å². The summed E-state index contributed by atoms with van der Waals surface area (Å²) >= 11 is 0. The van der Waals surface area contributed by atoms with E-state index in [1.54, 1.807) is 7.11 Å². The van der Waals surface area contributed by atoms with Crippen LogP contribution in [0.3, 0.4) is 0 Å². The second-order valence-electron chi connectivity index (χ2n) is 5.04. The molecule has 3 rings (SSSR count). The average molecular weight is 273 g/mol. The van der Waals surface area contributed by atoms with Crippen molar-refractivity contribution in [2.24, 2.45) is 0 Å². The molecule has 1 aromatic heterocycles. The minimum atomic E-state index is 0.661. The van der Waals surface area contributed by atoms with E-state index in [1.165, 1.54) is 18.4 Å². The van der Waals surface area contributed by atoms with Gasteiger partial charge in [-0.15, -0.1) is 5.10 Å². The summed E-state index contributed by atoms with van der Waals surface area (Å²) in [5, 5.41) is 15.3. The highest BCUT2D eigenvalue weighted by Gasteiger charge is 2.21. The first kappa shape index (κ1) is 13.1. The van der Waals surface area contributed by atoms with Crippen LogP contribution in [0.15, 0.2) is 24.3 Å². The molecule has 0 saturated heterocycles. The van der Waals surface area contributed by atoms with Crippen LogP contribution in [0, 0.1) is 0 Å². The summed E-state index contributed by atoms with van der Waals surface area (Å²) in [5.41, 5.74) is 1.17. The summed E-state index contributed by atoms with van der Waals surface area (Å²) in [7, 11) is 1.70. The number of para-hydroxylation sites is 1. The van der Waals surface area contributed by atoms with Gasteiger partial charge in [0, 0.05) is 12.6 Å². The molecule has 1 N–H and O–H groups in total. The number of hydrogen-bond acceptors (Lipinski definition) is 5. The number of aryl methyl sites for hydroxylation is 2. The molecule has 1 aromatic carbocycles. The summed E-state index contributed by atoms with van der Waals surface area (Å²) in [5.74, 6) is 1.81. The topological polar surface area (TPSA) is 64.9 Å². The fourth-order valence-electron chi connectivity index (χ4n) is 2.18. The minimum absolute atomic E-state index is 0.661. The number of rotatable bonds is 7. The zero-order valence-electron chi connectivity index (χ0n) is 11.6. The van der Waals surface area contributed by atoms with Gasteiger partial charge in [0.2, 0.25) is 0 Å². The molecule has 0 spiro atoms. The molecule has 106 valence electrons. The van der Waals surface area contributed by atoms with Crippen molar-refractivity contribution < 1.29 is 4.74 Å². The molecule has 0 bridgehead atoms. The number of hydrogen-bond donors (Lipinski definition) is 1. The summed E-state index contributed by atoms with van der Waals surface area (Å²) in [4.78, 5) is 0. The summed E-state index contributed by atoms with van der Waals surface area (Å²) < 4.78 is 7.22. The van der Waals surface area contributed by atoms with Crippen molar-refractivity contribution >= 4 is 0 Å². The summed E-state index contributed by atoms with van der Waals surface area (Å²) in [6.45, 7) is 1.50. The first-order valence-electron chi connectivity index (χ1n) is 6.97. The van der Waals surface area contributed by atoms with Crippen molar-refractivity contribution in [2.75, 3.05) is 7.11 Å². The van der Waals surface area contributed by atoms with Crippen molar-refractivity contribution in [1.29, 1.82) is 0 Å². The lowest BCUT2D eigenvalue weighted by Gasteiger charge is -2.09. The second-order valence-corrected chi connectivity index (χ2v) is 5.04. The van der Waals surface area contributed by atoms with Gasteiger partial charge in [0.15, 0.2) is 5.82 Å². The smallest absolute Gasteiger partial charge is 0.165 e. The molecule has 1 saturated carbocycles. The average Bonchev–Trinajstić information content (AvgIpc) is 3.21. The number of aromatic nitrogens is 4. The SMILES string of the molecule is COc1ccccc1CCn1nnnc1CNC1CC1. The van der Waals surface area contributed by atoms with Crippen molar-refractivity contribution in [3.63, 3.8) is 0 Å². The van der Waals surface area contributed by atoms with E-state index in [0.29, 0.717) is 6.04 Å². The molecule has 0 aliphatic heterocycles. The Bertz CT molecular complexity index is 564. The minimum Gasteiger partial charge on any atom is -0.496 e. The lowest BCUT2D eigenvalue weighted by Crippen LogP contribution is -2.20. The Labute approximate surface area is 118 Å². The van der Waals surface area contributed by atoms with E-state index < -0.39 is 0 Å². The van der Waals surface area contributed by atoms with Crippen LogP contribution in [-0.4, -0.2) is 33.4 Å². The van der Waals surface area contributed by atoms with Crippen LogP contribution < -0.4 is 10.1 Å².